The summed E-state index contributed by atoms with van der Waals surface area (Å²) >= 11 is 1.06. The van der Waals surface area contributed by atoms with Crippen molar-refractivity contribution in [2.24, 2.45) is 0 Å². The van der Waals surface area contributed by atoms with E-state index in [9.17, 15) is 4.79 Å². The van der Waals surface area contributed by atoms with Crippen LogP contribution in [0.5, 0.6) is 0 Å². The molecule has 0 aliphatic carbocycles. The number of nitrogens with zero attached hydrogens (tertiary/aromatic N) is 5. The van der Waals surface area contributed by atoms with Crippen LogP contribution in [0.15, 0.2) is 55.1 Å². The number of hydrogen-bond donors (Lipinski definition) is 1. The summed E-state index contributed by atoms with van der Waals surface area (Å²) in [7, 11) is 0. The highest BCUT2D eigenvalue weighted by Crippen LogP contribution is 2.21. The van der Waals surface area contributed by atoms with Gasteiger partial charge in [-0.2, -0.15) is 0 Å². The van der Waals surface area contributed by atoms with E-state index >= 15 is 0 Å². The van der Waals surface area contributed by atoms with E-state index in [1.807, 2.05) is 47.1 Å². The molecule has 1 aromatic carbocycles. The van der Waals surface area contributed by atoms with Crippen LogP contribution in [0.1, 0.15) is 9.67 Å². The number of imidazole rings is 1. The van der Waals surface area contributed by atoms with Crippen molar-refractivity contribution < 1.29 is 4.79 Å². The van der Waals surface area contributed by atoms with Crippen molar-refractivity contribution in [2.45, 2.75) is 0 Å². The largest absolute Gasteiger partial charge is 0.321 e. The Kier molecular flexibility index (Phi) is 3.28. The minimum Gasteiger partial charge on any atom is -0.321 e. The summed E-state index contributed by atoms with van der Waals surface area (Å²) in [6.45, 7) is 0. The Morgan fingerprint density at radius 2 is 2.09 bits per heavy atom. The van der Waals surface area contributed by atoms with Gasteiger partial charge in [-0.1, -0.05) is 16.6 Å². The molecule has 0 aliphatic heterocycles. The second-order valence-corrected chi connectivity index (χ2v) is 5.55. The first-order valence-corrected chi connectivity index (χ1v) is 7.56. The molecular weight excluding hydrogens is 312 g/mol. The molecule has 0 unspecified atom stereocenters. The SMILES string of the molecule is O=C(Nc1ccc(-c2cn3cccnc3n2)cc1)c1cnns1. The summed E-state index contributed by atoms with van der Waals surface area (Å²) in [6.07, 6.45) is 6.96. The van der Waals surface area contributed by atoms with Crippen molar-refractivity contribution in [3.63, 3.8) is 0 Å². The van der Waals surface area contributed by atoms with Crippen LogP contribution < -0.4 is 5.32 Å². The molecule has 0 saturated heterocycles. The molecule has 112 valence electrons. The second kappa shape index (κ2) is 5.58. The van der Waals surface area contributed by atoms with Gasteiger partial charge in [0.1, 0.15) is 4.88 Å². The van der Waals surface area contributed by atoms with Crippen molar-refractivity contribution in [3.05, 3.63) is 60.0 Å². The maximum atomic E-state index is 11.9. The van der Waals surface area contributed by atoms with Crippen molar-refractivity contribution in [3.8, 4) is 11.3 Å². The highest BCUT2D eigenvalue weighted by atomic mass is 32.1. The maximum absolute atomic E-state index is 11.9. The molecule has 0 spiro atoms. The van der Waals surface area contributed by atoms with Gasteiger partial charge in [-0.3, -0.25) is 9.20 Å². The van der Waals surface area contributed by atoms with Gasteiger partial charge in [0.15, 0.2) is 0 Å². The fourth-order valence-corrected chi connectivity index (χ4v) is 2.56. The molecule has 1 N–H and O–H groups in total. The lowest BCUT2D eigenvalue weighted by molar-refractivity contribution is 0.103. The molecule has 4 rings (SSSR count). The van der Waals surface area contributed by atoms with E-state index in [0.29, 0.717) is 16.3 Å². The molecule has 1 amide bonds. The van der Waals surface area contributed by atoms with Gasteiger partial charge in [0.05, 0.1) is 11.9 Å². The Balaban J connectivity index is 1.57. The number of anilines is 1. The molecule has 3 heterocycles. The van der Waals surface area contributed by atoms with E-state index < -0.39 is 0 Å². The minimum atomic E-state index is -0.218. The Bertz CT molecular complexity index is 928. The lowest BCUT2D eigenvalue weighted by Gasteiger charge is -2.03. The number of carbonyl (C=O) groups excluding carboxylic acids is 1. The summed E-state index contributed by atoms with van der Waals surface area (Å²) in [5, 5.41) is 6.45. The number of carbonyl (C=O) groups is 1. The maximum Gasteiger partial charge on any atom is 0.269 e. The van der Waals surface area contributed by atoms with E-state index in [4.69, 9.17) is 0 Å². The lowest BCUT2D eigenvalue weighted by Crippen LogP contribution is -2.09. The molecule has 0 fully saturated rings. The molecule has 0 bridgehead atoms. The van der Waals surface area contributed by atoms with Crippen molar-refractivity contribution >= 4 is 28.9 Å². The minimum absolute atomic E-state index is 0.218. The van der Waals surface area contributed by atoms with Crippen molar-refractivity contribution in [2.75, 3.05) is 5.32 Å². The van der Waals surface area contributed by atoms with Crippen LogP contribution >= 0.6 is 11.5 Å². The summed E-state index contributed by atoms with van der Waals surface area (Å²) < 4.78 is 5.54. The molecule has 0 atom stereocenters. The zero-order chi connectivity index (χ0) is 15.6. The monoisotopic (exact) mass is 322 g/mol. The quantitative estimate of drug-likeness (QED) is 0.626. The number of aromatic nitrogens is 5. The van der Waals surface area contributed by atoms with Crippen LogP contribution in [0.25, 0.3) is 17.0 Å². The highest BCUT2D eigenvalue weighted by molar-refractivity contribution is 7.07. The smallest absolute Gasteiger partial charge is 0.269 e. The van der Waals surface area contributed by atoms with E-state index in [1.54, 1.807) is 6.20 Å². The fraction of sp³-hybridized carbons (Fsp3) is 0. The van der Waals surface area contributed by atoms with Gasteiger partial charge in [-0.15, -0.1) is 5.10 Å². The summed E-state index contributed by atoms with van der Waals surface area (Å²) in [6, 6.07) is 9.33. The molecule has 0 radical (unpaired) electrons. The standard InChI is InChI=1S/C15H10N6OS/c22-14(13-8-17-20-23-13)18-11-4-2-10(3-5-11)12-9-21-7-1-6-16-15(21)19-12/h1-9H,(H,18,22). The Morgan fingerprint density at radius 1 is 1.22 bits per heavy atom. The molecule has 3 aromatic heterocycles. The molecule has 0 aliphatic rings. The van der Waals surface area contributed by atoms with Gasteiger partial charge < -0.3 is 5.32 Å². The van der Waals surface area contributed by atoms with Crippen LogP contribution in [-0.2, 0) is 0 Å². The van der Waals surface area contributed by atoms with Gasteiger partial charge in [-0.25, -0.2) is 9.97 Å². The molecule has 0 saturated carbocycles. The molecular formula is C15H10N6OS. The predicted octanol–water partition coefficient (Wildman–Crippen LogP) is 2.50. The first-order valence-electron chi connectivity index (χ1n) is 6.78. The van der Waals surface area contributed by atoms with E-state index in [-0.39, 0.29) is 5.91 Å². The summed E-state index contributed by atoms with van der Waals surface area (Å²) in [4.78, 5) is 21.1. The first-order chi connectivity index (χ1) is 11.3. The number of amides is 1. The molecule has 4 aromatic rings. The molecule has 23 heavy (non-hydrogen) atoms. The third-order valence-electron chi connectivity index (χ3n) is 3.26. The predicted molar refractivity (Wildman–Crippen MR) is 86.3 cm³/mol. The Hall–Kier alpha value is -3.13. The average molecular weight is 322 g/mol. The number of fused-ring (bicyclic) bond motifs is 1. The topological polar surface area (TPSA) is 85.1 Å². The Morgan fingerprint density at radius 3 is 2.83 bits per heavy atom. The van der Waals surface area contributed by atoms with Crippen molar-refractivity contribution in [1.82, 2.24) is 24.0 Å². The van der Waals surface area contributed by atoms with Crippen LogP contribution in [0, 0.1) is 0 Å². The van der Waals surface area contributed by atoms with Gasteiger partial charge in [-0.05, 0) is 29.7 Å². The zero-order valence-corrected chi connectivity index (χ0v) is 12.6. The second-order valence-electron chi connectivity index (χ2n) is 4.77. The first kappa shape index (κ1) is 13.5. The van der Waals surface area contributed by atoms with Gasteiger partial charge in [0.25, 0.3) is 5.91 Å². The number of benzene rings is 1. The van der Waals surface area contributed by atoms with E-state index in [0.717, 1.165) is 22.8 Å². The third-order valence-corrected chi connectivity index (χ3v) is 3.92. The van der Waals surface area contributed by atoms with E-state index in [1.165, 1.54) is 6.20 Å². The van der Waals surface area contributed by atoms with Crippen molar-refractivity contribution in [1.29, 1.82) is 0 Å². The number of rotatable bonds is 3. The average Bonchev–Trinajstić information content (AvgIpc) is 3.25. The van der Waals surface area contributed by atoms with Crippen LogP contribution in [-0.4, -0.2) is 29.9 Å². The normalized spacial score (nSPS) is 10.8. The van der Waals surface area contributed by atoms with E-state index in [2.05, 4.69) is 24.9 Å². The van der Waals surface area contributed by atoms with Crippen LogP contribution in [0.2, 0.25) is 0 Å². The lowest BCUT2D eigenvalue weighted by atomic mass is 10.1. The van der Waals surface area contributed by atoms with Gasteiger partial charge in [0, 0.05) is 29.8 Å². The fourth-order valence-electron chi connectivity index (χ4n) is 2.15. The van der Waals surface area contributed by atoms with Crippen LogP contribution in [0.4, 0.5) is 5.69 Å². The van der Waals surface area contributed by atoms with Crippen LogP contribution in [0.3, 0.4) is 0 Å². The van der Waals surface area contributed by atoms with Gasteiger partial charge >= 0.3 is 0 Å². The highest BCUT2D eigenvalue weighted by Gasteiger charge is 2.09. The number of nitrogens with one attached hydrogen (secondary N) is 1. The van der Waals surface area contributed by atoms with Gasteiger partial charge in [0.2, 0.25) is 5.78 Å². The summed E-state index contributed by atoms with van der Waals surface area (Å²) in [5.74, 6) is 0.433. The Labute approximate surface area is 134 Å². The third kappa shape index (κ3) is 2.67. The summed E-state index contributed by atoms with van der Waals surface area (Å²) in [5.41, 5.74) is 2.48. The zero-order valence-electron chi connectivity index (χ0n) is 11.7. The number of hydrogen-bond acceptors (Lipinski definition) is 6. The molecule has 8 heteroatoms. The molecule has 7 nitrogen and oxygen atoms in total.